The summed E-state index contributed by atoms with van der Waals surface area (Å²) in [5.74, 6) is 2.49. The summed E-state index contributed by atoms with van der Waals surface area (Å²) in [6.07, 6.45) is 9.44. The van der Waals surface area contributed by atoms with E-state index in [2.05, 4.69) is 10.8 Å². The Morgan fingerprint density at radius 1 is 1.33 bits per heavy atom. The van der Waals surface area contributed by atoms with Crippen LogP contribution in [0.25, 0.3) is 0 Å². The van der Waals surface area contributed by atoms with Gasteiger partial charge in [0.2, 0.25) is 0 Å². The molecule has 1 saturated heterocycles. The van der Waals surface area contributed by atoms with Gasteiger partial charge in [0.1, 0.15) is 5.60 Å². The molecule has 1 N–H and O–H groups in total. The minimum atomic E-state index is -0.800. The molecule has 1 aliphatic carbocycles. The van der Waals surface area contributed by atoms with E-state index in [0.717, 1.165) is 32.0 Å². The average Bonchev–Trinajstić information content (AvgIpc) is 2.89. The largest absolute Gasteiger partial charge is 0.378 e. The van der Waals surface area contributed by atoms with Crippen LogP contribution in [0.4, 0.5) is 0 Å². The Hall–Kier alpha value is -0.520. The third kappa shape index (κ3) is 1.48. The summed E-state index contributed by atoms with van der Waals surface area (Å²) in [5, 5.41) is 9.74. The lowest BCUT2D eigenvalue weighted by Crippen LogP contribution is -2.44. The van der Waals surface area contributed by atoms with E-state index >= 15 is 0 Å². The molecule has 2 aliphatic rings. The Bertz CT molecular complexity index is 206. The number of likely N-dealkylation sites (tertiary alicyclic amines) is 1. The number of terminal acetylenes is 1. The normalized spacial score (nSPS) is 29.7. The Morgan fingerprint density at radius 3 is 2.33 bits per heavy atom. The molecule has 0 aromatic heterocycles. The predicted molar refractivity (Wildman–Crippen MR) is 47.6 cm³/mol. The zero-order chi connectivity index (χ0) is 8.60. The summed E-state index contributed by atoms with van der Waals surface area (Å²) in [6, 6.07) is 0.812. The molecular weight excluding hydrogens is 150 g/mol. The Kier molecular flexibility index (Phi) is 1.86. The summed E-state index contributed by atoms with van der Waals surface area (Å²) in [4.78, 5) is 2.45. The first-order chi connectivity index (χ1) is 5.73. The fourth-order valence-corrected chi connectivity index (χ4v) is 1.84. The van der Waals surface area contributed by atoms with Crippen molar-refractivity contribution in [3.63, 3.8) is 0 Å². The van der Waals surface area contributed by atoms with Gasteiger partial charge in [0.15, 0.2) is 0 Å². The first-order valence-electron chi connectivity index (χ1n) is 4.68. The van der Waals surface area contributed by atoms with Gasteiger partial charge in [0.05, 0.1) is 0 Å². The van der Waals surface area contributed by atoms with Crippen LogP contribution in [0.15, 0.2) is 0 Å². The van der Waals surface area contributed by atoms with E-state index in [0.29, 0.717) is 0 Å². The number of hydrogen-bond acceptors (Lipinski definition) is 2. The minimum absolute atomic E-state index is 0.750. The molecule has 2 rings (SSSR count). The number of hydrogen-bond donors (Lipinski definition) is 1. The van der Waals surface area contributed by atoms with Crippen LogP contribution in [-0.2, 0) is 0 Å². The summed E-state index contributed by atoms with van der Waals surface area (Å²) in [7, 11) is 0. The van der Waals surface area contributed by atoms with Crippen LogP contribution >= 0.6 is 0 Å². The molecule has 2 heteroatoms. The van der Waals surface area contributed by atoms with Crippen molar-refractivity contribution in [3.05, 3.63) is 0 Å². The van der Waals surface area contributed by atoms with Crippen molar-refractivity contribution >= 4 is 0 Å². The van der Waals surface area contributed by atoms with Crippen LogP contribution in [0.1, 0.15) is 25.7 Å². The second-order valence-electron chi connectivity index (χ2n) is 3.94. The highest BCUT2D eigenvalue weighted by Crippen LogP contribution is 2.31. The Balaban J connectivity index is 1.88. The maximum atomic E-state index is 9.74. The van der Waals surface area contributed by atoms with Gasteiger partial charge in [-0.2, -0.15) is 0 Å². The smallest absolute Gasteiger partial charge is 0.127 e. The monoisotopic (exact) mass is 165 g/mol. The van der Waals surface area contributed by atoms with Crippen molar-refractivity contribution in [2.24, 2.45) is 0 Å². The van der Waals surface area contributed by atoms with Crippen LogP contribution in [0.5, 0.6) is 0 Å². The molecule has 0 aromatic carbocycles. The van der Waals surface area contributed by atoms with E-state index in [1.807, 2.05) is 0 Å². The quantitative estimate of drug-likeness (QED) is 0.575. The Morgan fingerprint density at radius 2 is 1.92 bits per heavy atom. The van der Waals surface area contributed by atoms with E-state index in [-0.39, 0.29) is 0 Å². The maximum absolute atomic E-state index is 9.74. The molecule has 1 aliphatic heterocycles. The molecule has 0 unspecified atom stereocenters. The molecule has 1 saturated carbocycles. The van der Waals surface area contributed by atoms with E-state index in [4.69, 9.17) is 6.42 Å². The lowest BCUT2D eigenvalue weighted by atomic mass is 9.92. The second-order valence-corrected chi connectivity index (χ2v) is 3.94. The van der Waals surface area contributed by atoms with E-state index in [1.54, 1.807) is 0 Å². The third-order valence-electron chi connectivity index (χ3n) is 2.96. The van der Waals surface area contributed by atoms with Crippen molar-refractivity contribution in [2.75, 3.05) is 13.1 Å². The number of nitrogens with zero attached hydrogens (tertiary/aromatic N) is 1. The minimum Gasteiger partial charge on any atom is -0.378 e. The fraction of sp³-hybridized carbons (Fsp3) is 0.800. The van der Waals surface area contributed by atoms with Crippen molar-refractivity contribution < 1.29 is 5.11 Å². The molecular formula is C10H15NO. The SMILES string of the molecule is C#CC1(O)CCN(C2CC2)CC1. The van der Waals surface area contributed by atoms with E-state index in [1.165, 1.54) is 12.8 Å². The predicted octanol–water partition coefficient (Wildman–Crippen LogP) is 0.609. The molecule has 0 atom stereocenters. The molecule has 0 amide bonds. The van der Waals surface area contributed by atoms with Crippen molar-refractivity contribution in [3.8, 4) is 12.3 Å². The summed E-state index contributed by atoms with van der Waals surface area (Å²) in [5.41, 5.74) is -0.800. The maximum Gasteiger partial charge on any atom is 0.127 e. The van der Waals surface area contributed by atoms with Gasteiger partial charge in [0.25, 0.3) is 0 Å². The number of aliphatic hydroxyl groups is 1. The lowest BCUT2D eigenvalue weighted by molar-refractivity contribution is 0.0248. The van der Waals surface area contributed by atoms with Crippen molar-refractivity contribution in [1.29, 1.82) is 0 Å². The third-order valence-corrected chi connectivity index (χ3v) is 2.96. The van der Waals surface area contributed by atoms with Crippen molar-refractivity contribution in [1.82, 2.24) is 4.90 Å². The molecule has 0 radical (unpaired) electrons. The average molecular weight is 165 g/mol. The van der Waals surface area contributed by atoms with Gasteiger partial charge >= 0.3 is 0 Å². The molecule has 2 nitrogen and oxygen atoms in total. The molecule has 66 valence electrons. The van der Waals surface area contributed by atoms with Crippen LogP contribution in [0.2, 0.25) is 0 Å². The summed E-state index contributed by atoms with van der Waals surface area (Å²) in [6.45, 7) is 1.96. The summed E-state index contributed by atoms with van der Waals surface area (Å²) < 4.78 is 0. The number of rotatable bonds is 1. The standard InChI is InChI=1S/C10H15NO/c1-2-10(12)5-7-11(8-6-10)9-3-4-9/h1,9,12H,3-8H2. The van der Waals surface area contributed by atoms with Gasteiger partial charge in [-0.3, -0.25) is 0 Å². The van der Waals surface area contributed by atoms with Gasteiger partial charge in [-0.1, -0.05) is 5.92 Å². The van der Waals surface area contributed by atoms with Crippen LogP contribution in [0.3, 0.4) is 0 Å². The van der Waals surface area contributed by atoms with E-state index < -0.39 is 5.60 Å². The number of piperidine rings is 1. The van der Waals surface area contributed by atoms with Crippen molar-refractivity contribution in [2.45, 2.75) is 37.3 Å². The highest BCUT2D eigenvalue weighted by atomic mass is 16.3. The van der Waals surface area contributed by atoms with Gasteiger partial charge in [-0.25, -0.2) is 0 Å². The first-order valence-corrected chi connectivity index (χ1v) is 4.68. The molecule has 0 aromatic rings. The topological polar surface area (TPSA) is 23.5 Å². The highest BCUT2D eigenvalue weighted by molar-refractivity contribution is 5.10. The molecule has 12 heavy (non-hydrogen) atoms. The Labute approximate surface area is 73.6 Å². The molecule has 1 heterocycles. The second kappa shape index (κ2) is 2.76. The highest BCUT2D eigenvalue weighted by Gasteiger charge is 2.36. The summed E-state index contributed by atoms with van der Waals surface area (Å²) >= 11 is 0. The van der Waals surface area contributed by atoms with Crippen LogP contribution in [-0.4, -0.2) is 34.7 Å². The van der Waals surface area contributed by atoms with Crippen LogP contribution in [0, 0.1) is 12.3 Å². The molecule has 0 spiro atoms. The molecule has 2 fully saturated rings. The fourth-order valence-electron chi connectivity index (χ4n) is 1.84. The zero-order valence-corrected chi connectivity index (χ0v) is 7.29. The molecule has 0 bridgehead atoms. The lowest BCUT2D eigenvalue weighted by Gasteiger charge is -2.34. The first kappa shape index (κ1) is 8.10. The van der Waals surface area contributed by atoms with Crippen LogP contribution < -0.4 is 0 Å². The zero-order valence-electron chi connectivity index (χ0n) is 7.29. The van der Waals surface area contributed by atoms with Gasteiger partial charge in [0, 0.05) is 32.0 Å². The van der Waals surface area contributed by atoms with E-state index in [9.17, 15) is 5.11 Å². The van der Waals surface area contributed by atoms with Gasteiger partial charge < -0.3 is 10.0 Å². The van der Waals surface area contributed by atoms with Gasteiger partial charge in [-0.15, -0.1) is 6.42 Å². The van der Waals surface area contributed by atoms with Gasteiger partial charge in [-0.05, 0) is 12.8 Å².